The fraction of sp³-hybridized carbons (Fsp3) is 0.600. The van der Waals surface area contributed by atoms with E-state index in [1.54, 1.807) is 14.1 Å². The number of amides is 3. The smallest absolute Gasteiger partial charge is 0.321 e. The number of rotatable bonds is 6. The van der Waals surface area contributed by atoms with E-state index in [-0.39, 0.29) is 18.5 Å². The summed E-state index contributed by atoms with van der Waals surface area (Å²) in [5.74, 6) is 0.387. The van der Waals surface area contributed by atoms with Crippen molar-refractivity contribution in [1.82, 2.24) is 14.7 Å². The average molecular weight is 377 g/mol. The number of likely N-dealkylation sites (N-methyl/N-ethyl adjacent to an activating group) is 1. The van der Waals surface area contributed by atoms with E-state index in [0.29, 0.717) is 18.0 Å². The predicted octanol–water partition coefficient (Wildman–Crippen LogP) is 2.41. The Morgan fingerprint density at radius 2 is 1.96 bits per heavy atom. The van der Waals surface area contributed by atoms with Crippen LogP contribution in [0.3, 0.4) is 0 Å². The Kier molecular flexibility index (Phi) is 7.91. The fourth-order valence-electron chi connectivity index (χ4n) is 3.03. The van der Waals surface area contributed by atoms with Crippen molar-refractivity contribution in [2.45, 2.75) is 26.7 Å². The highest BCUT2D eigenvalue weighted by atomic mass is 16.5. The number of carbonyl (C=O) groups excluding carboxylic acids is 2. The SMILES string of the molecule is CCCN1CCCN(C(=O)Nc2ccc(C)cc2OCC(=O)N(C)C)CC1. The van der Waals surface area contributed by atoms with Crippen LogP contribution in [0.25, 0.3) is 0 Å². The predicted molar refractivity (Wildman–Crippen MR) is 107 cm³/mol. The lowest BCUT2D eigenvalue weighted by Gasteiger charge is -2.23. The summed E-state index contributed by atoms with van der Waals surface area (Å²) in [5, 5.41) is 2.95. The number of nitrogens with zero attached hydrogens (tertiary/aromatic N) is 3. The second kappa shape index (κ2) is 10.2. The third kappa shape index (κ3) is 6.43. The van der Waals surface area contributed by atoms with E-state index in [9.17, 15) is 9.59 Å². The summed E-state index contributed by atoms with van der Waals surface area (Å²) in [5.41, 5.74) is 1.59. The van der Waals surface area contributed by atoms with Gasteiger partial charge in [0.2, 0.25) is 0 Å². The van der Waals surface area contributed by atoms with Crippen LogP contribution >= 0.6 is 0 Å². The average Bonchev–Trinajstić information content (AvgIpc) is 2.87. The molecule has 1 heterocycles. The van der Waals surface area contributed by atoms with Gasteiger partial charge in [0.1, 0.15) is 5.75 Å². The summed E-state index contributed by atoms with van der Waals surface area (Å²) < 4.78 is 5.67. The van der Waals surface area contributed by atoms with Crippen LogP contribution < -0.4 is 10.1 Å². The molecule has 1 aliphatic rings. The van der Waals surface area contributed by atoms with Gasteiger partial charge in [0.05, 0.1) is 5.69 Å². The van der Waals surface area contributed by atoms with Crippen molar-refractivity contribution in [1.29, 1.82) is 0 Å². The van der Waals surface area contributed by atoms with Crippen molar-refractivity contribution in [3.05, 3.63) is 23.8 Å². The molecule has 1 aliphatic heterocycles. The molecule has 0 spiro atoms. The van der Waals surface area contributed by atoms with Gasteiger partial charge in [0.15, 0.2) is 6.61 Å². The molecule has 0 aromatic heterocycles. The second-order valence-electron chi connectivity index (χ2n) is 7.19. The lowest BCUT2D eigenvalue weighted by atomic mass is 10.2. The van der Waals surface area contributed by atoms with E-state index in [4.69, 9.17) is 4.74 Å². The number of nitrogens with one attached hydrogen (secondary N) is 1. The second-order valence-corrected chi connectivity index (χ2v) is 7.19. The Morgan fingerprint density at radius 3 is 2.67 bits per heavy atom. The number of urea groups is 1. The Labute approximate surface area is 162 Å². The minimum atomic E-state index is -0.127. The summed E-state index contributed by atoms with van der Waals surface area (Å²) >= 11 is 0. The minimum absolute atomic E-state index is 0.0605. The van der Waals surface area contributed by atoms with Gasteiger partial charge in [0, 0.05) is 33.7 Å². The first-order chi connectivity index (χ1) is 12.9. The zero-order chi connectivity index (χ0) is 19.8. The van der Waals surface area contributed by atoms with E-state index in [1.165, 1.54) is 4.90 Å². The molecule has 1 N–H and O–H groups in total. The molecule has 0 unspecified atom stereocenters. The van der Waals surface area contributed by atoms with E-state index >= 15 is 0 Å². The standard InChI is InChI=1S/C20H32N4O3/c1-5-9-23-10-6-11-24(13-12-23)20(26)21-17-8-7-16(2)14-18(17)27-15-19(25)22(3)4/h7-8,14H,5-6,9-13,15H2,1-4H3,(H,21,26). The first-order valence-electron chi connectivity index (χ1n) is 9.62. The van der Waals surface area contributed by atoms with Crippen LogP contribution in [0.4, 0.5) is 10.5 Å². The molecule has 0 bridgehead atoms. The van der Waals surface area contributed by atoms with Crippen LogP contribution in [-0.2, 0) is 4.79 Å². The van der Waals surface area contributed by atoms with Gasteiger partial charge in [-0.2, -0.15) is 0 Å². The number of ether oxygens (including phenoxy) is 1. The van der Waals surface area contributed by atoms with Crippen LogP contribution in [0.5, 0.6) is 5.75 Å². The normalized spacial score (nSPS) is 15.2. The number of carbonyl (C=O) groups is 2. The Bertz CT molecular complexity index is 648. The van der Waals surface area contributed by atoms with Crippen molar-refractivity contribution in [3.63, 3.8) is 0 Å². The Morgan fingerprint density at radius 1 is 1.19 bits per heavy atom. The topological polar surface area (TPSA) is 65.1 Å². The molecule has 150 valence electrons. The van der Waals surface area contributed by atoms with Crippen molar-refractivity contribution in [2.75, 3.05) is 58.7 Å². The van der Waals surface area contributed by atoms with Gasteiger partial charge in [-0.15, -0.1) is 0 Å². The third-order valence-corrected chi connectivity index (χ3v) is 4.64. The molecule has 0 aliphatic carbocycles. The van der Waals surface area contributed by atoms with E-state index in [1.807, 2.05) is 30.0 Å². The van der Waals surface area contributed by atoms with Crippen molar-refractivity contribution < 1.29 is 14.3 Å². The molecule has 3 amide bonds. The quantitative estimate of drug-likeness (QED) is 0.828. The summed E-state index contributed by atoms with van der Waals surface area (Å²) in [4.78, 5) is 30.3. The van der Waals surface area contributed by atoms with Gasteiger partial charge in [0.25, 0.3) is 5.91 Å². The van der Waals surface area contributed by atoms with Crippen LogP contribution in [-0.4, -0.2) is 80.1 Å². The summed E-state index contributed by atoms with van der Waals surface area (Å²) in [6.07, 6.45) is 2.10. The molecule has 1 aromatic rings. The first-order valence-corrected chi connectivity index (χ1v) is 9.62. The number of hydrogen-bond acceptors (Lipinski definition) is 4. The zero-order valence-corrected chi connectivity index (χ0v) is 17.0. The molecule has 27 heavy (non-hydrogen) atoms. The van der Waals surface area contributed by atoms with Gasteiger partial charge in [-0.05, 0) is 50.6 Å². The van der Waals surface area contributed by atoms with Crippen LogP contribution in [0.15, 0.2) is 18.2 Å². The largest absolute Gasteiger partial charge is 0.482 e. The van der Waals surface area contributed by atoms with E-state index in [2.05, 4.69) is 17.1 Å². The summed E-state index contributed by atoms with van der Waals surface area (Å²) in [7, 11) is 3.37. The maximum absolute atomic E-state index is 12.7. The van der Waals surface area contributed by atoms with Gasteiger partial charge < -0.3 is 24.8 Å². The van der Waals surface area contributed by atoms with Gasteiger partial charge in [-0.25, -0.2) is 4.79 Å². The van der Waals surface area contributed by atoms with Crippen LogP contribution in [0.2, 0.25) is 0 Å². The number of anilines is 1. The number of aryl methyl sites for hydroxylation is 1. The molecular weight excluding hydrogens is 344 g/mol. The fourth-order valence-corrected chi connectivity index (χ4v) is 3.03. The highest BCUT2D eigenvalue weighted by Gasteiger charge is 2.20. The molecule has 0 radical (unpaired) electrons. The monoisotopic (exact) mass is 376 g/mol. The molecule has 2 rings (SSSR count). The van der Waals surface area contributed by atoms with Crippen LogP contribution in [0, 0.1) is 6.92 Å². The molecule has 7 nitrogen and oxygen atoms in total. The van der Waals surface area contributed by atoms with Gasteiger partial charge >= 0.3 is 6.03 Å². The maximum Gasteiger partial charge on any atom is 0.321 e. The molecule has 1 saturated heterocycles. The molecular formula is C20H32N4O3. The molecule has 1 aromatic carbocycles. The lowest BCUT2D eigenvalue weighted by molar-refractivity contribution is -0.130. The third-order valence-electron chi connectivity index (χ3n) is 4.64. The lowest BCUT2D eigenvalue weighted by Crippen LogP contribution is -2.38. The summed E-state index contributed by atoms with van der Waals surface area (Å²) in [6, 6.07) is 5.45. The molecule has 7 heteroatoms. The highest BCUT2D eigenvalue weighted by molar-refractivity contribution is 5.91. The van der Waals surface area contributed by atoms with Crippen molar-refractivity contribution >= 4 is 17.6 Å². The Hall–Kier alpha value is -2.28. The number of benzene rings is 1. The summed E-state index contributed by atoms with van der Waals surface area (Å²) in [6.45, 7) is 8.53. The van der Waals surface area contributed by atoms with E-state index in [0.717, 1.165) is 44.6 Å². The van der Waals surface area contributed by atoms with Gasteiger partial charge in [-0.3, -0.25) is 4.79 Å². The van der Waals surface area contributed by atoms with Crippen molar-refractivity contribution in [2.24, 2.45) is 0 Å². The van der Waals surface area contributed by atoms with Crippen LogP contribution in [0.1, 0.15) is 25.3 Å². The minimum Gasteiger partial charge on any atom is -0.482 e. The molecule has 1 fully saturated rings. The van der Waals surface area contributed by atoms with Crippen molar-refractivity contribution in [3.8, 4) is 5.75 Å². The first kappa shape index (κ1) is 21.0. The highest BCUT2D eigenvalue weighted by Crippen LogP contribution is 2.26. The van der Waals surface area contributed by atoms with E-state index < -0.39 is 0 Å². The molecule has 0 atom stereocenters. The number of hydrogen-bond donors (Lipinski definition) is 1. The molecule has 0 saturated carbocycles. The maximum atomic E-state index is 12.7. The zero-order valence-electron chi connectivity index (χ0n) is 17.0. The van der Waals surface area contributed by atoms with Gasteiger partial charge in [-0.1, -0.05) is 13.0 Å². The Balaban J connectivity index is 2.01.